The second kappa shape index (κ2) is 15.0. The summed E-state index contributed by atoms with van der Waals surface area (Å²) in [5.74, 6) is 2.65. The Balaban J connectivity index is 1.37. The minimum absolute atomic E-state index is 0.0578. The predicted molar refractivity (Wildman–Crippen MR) is 160 cm³/mol. The lowest BCUT2D eigenvalue weighted by atomic mass is 9.98. The molecule has 2 aromatic carbocycles. The molecule has 1 aliphatic heterocycles. The Labute approximate surface area is 243 Å². The smallest absolute Gasteiger partial charge is 0.139 e. The van der Waals surface area contributed by atoms with Gasteiger partial charge in [-0.15, -0.1) is 0 Å². The minimum Gasteiger partial charge on any atom is -0.494 e. The summed E-state index contributed by atoms with van der Waals surface area (Å²) in [7, 11) is 2.16. The largest absolute Gasteiger partial charge is 0.494 e. The Hall–Kier alpha value is -3.45. The van der Waals surface area contributed by atoms with Gasteiger partial charge >= 0.3 is 0 Å². The molecule has 4 rings (SSSR count). The van der Waals surface area contributed by atoms with Crippen molar-refractivity contribution in [3.63, 3.8) is 0 Å². The number of ether oxygens (including phenoxy) is 3. The first-order valence-electron chi connectivity index (χ1n) is 14.8. The molecule has 0 bridgehead atoms. The third kappa shape index (κ3) is 9.56. The Morgan fingerprint density at radius 3 is 2.54 bits per heavy atom. The quantitative estimate of drug-likeness (QED) is 0.216. The average molecular weight is 563 g/mol. The molecule has 1 saturated heterocycles. The molecule has 0 saturated carbocycles. The predicted octanol–water partition coefficient (Wildman–Crippen LogP) is 6.79. The molecular formula is C34H43FN2O4. The second-order valence-corrected chi connectivity index (χ2v) is 11.4. The van der Waals surface area contributed by atoms with Crippen molar-refractivity contribution in [2.24, 2.45) is 11.8 Å². The summed E-state index contributed by atoms with van der Waals surface area (Å²) in [6.45, 7) is 10.0. The molecule has 1 fully saturated rings. The van der Waals surface area contributed by atoms with Crippen LogP contribution >= 0.6 is 0 Å². The molecule has 41 heavy (non-hydrogen) atoms. The number of Topliss-reactive ketones (excluding diaryl/α,β-unsaturated/α-hetero) is 1. The van der Waals surface area contributed by atoms with E-state index in [4.69, 9.17) is 14.2 Å². The van der Waals surface area contributed by atoms with Crippen molar-refractivity contribution in [2.45, 2.75) is 52.9 Å². The fourth-order valence-electron chi connectivity index (χ4n) is 4.93. The topological polar surface area (TPSA) is 60.9 Å². The molecule has 2 heterocycles. The summed E-state index contributed by atoms with van der Waals surface area (Å²) >= 11 is 0. The van der Waals surface area contributed by atoms with Crippen molar-refractivity contribution in [2.75, 3.05) is 40.0 Å². The molecule has 0 spiro atoms. The van der Waals surface area contributed by atoms with E-state index in [1.54, 1.807) is 6.20 Å². The first kappa shape index (κ1) is 30.5. The molecule has 0 radical (unpaired) electrons. The lowest BCUT2D eigenvalue weighted by molar-refractivity contribution is -0.118. The fourth-order valence-corrected chi connectivity index (χ4v) is 4.93. The Kier molecular flexibility index (Phi) is 11.1. The third-order valence-electron chi connectivity index (χ3n) is 7.30. The number of ketones is 1. The molecule has 0 N–H and O–H groups in total. The Morgan fingerprint density at radius 1 is 1.02 bits per heavy atom. The summed E-state index contributed by atoms with van der Waals surface area (Å²) < 4.78 is 31.8. The van der Waals surface area contributed by atoms with E-state index in [0.29, 0.717) is 55.9 Å². The van der Waals surface area contributed by atoms with Gasteiger partial charge in [0.15, 0.2) is 0 Å². The minimum atomic E-state index is -0.352. The summed E-state index contributed by atoms with van der Waals surface area (Å²) in [6, 6.07) is 14.5. The van der Waals surface area contributed by atoms with Crippen LogP contribution in [0.2, 0.25) is 0 Å². The number of hydrogen-bond donors (Lipinski definition) is 0. The number of piperidine rings is 1. The van der Waals surface area contributed by atoms with Crippen molar-refractivity contribution < 1.29 is 23.4 Å². The molecular weight excluding hydrogens is 519 g/mol. The molecule has 220 valence electrons. The highest BCUT2D eigenvalue weighted by molar-refractivity contribution is 5.81. The van der Waals surface area contributed by atoms with Gasteiger partial charge in [0.1, 0.15) is 28.8 Å². The van der Waals surface area contributed by atoms with Crippen LogP contribution < -0.4 is 14.2 Å². The van der Waals surface area contributed by atoms with Crippen molar-refractivity contribution >= 4 is 5.78 Å². The van der Waals surface area contributed by atoms with E-state index in [9.17, 15) is 9.18 Å². The number of nitrogens with zero attached hydrogens (tertiary/aromatic N) is 2. The van der Waals surface area contributed by atoms with E-state index < -0.39 is 0 Å². The SMILES string of the molecule is CCOc1ccc(-c2ccc(CC(=O)CCc3cc(F)cc(OCC(C)C)c3)nc2)c(OCC2CCN(C)CC2)c1. The van der Waals surface area contributed by atoms with E-state index in [1.807, 2.05) is 57.2 Å². The highest BCUT2D eigenvalue weighted by Gasteiger charge is 2.19. The number of likely N-dealkylation sites (tertiary alicyclic amines) is 1. The van der Waals surface area contributed by atoms with Gasteiger partial charge in [0.2, 0.25) is 0 Å². The standard InChI is InChI=1S/C34H43FN2O4/c1-5-39-31-10-11-33(34(20-31)41-23-25-12-14-37(4)15-13-25)27-7-8-29(36-21-27)19-30(38)9-6-26-16-28(35)18-32(17-26)40-22-24(2)3/h7-8,10-11,16-18,20-21,24-25H,5-6,9,12-15,19,22-23H2,1-4H3. The lowest BCUT2D eigenvalue weighted by Gasteiger charge is -2.29. The highest BCUT2D eigenvalue weighted by atomic mass is 19.1. The van der Waals surface area contributed by atoms with E-state index in [2.05, 4.69) is 16.9 Å². The molecule has 0 aliphatic carbocycles. The normalized spacial score (nSPS) is 14.3. The Bertz CT molecular complexity index is 1270. The van der Waals surface area contributed by atoms with Gasteiger partial charge in [-0.2, -0.15) is 0 Å². The van der Waals surface area contributed by atoms with Crippen molar-refractivity contribution in [3.8, 4) is 28.4 Å². The maximum absolute atomic E-state index is 14.1. The van der Waals surface area contributed by atoms with Crippen LogP contribution in [0.1, 0.15) is 51.3 Å². The van der Waals surface area contributed by atoms with Crippen LogP contribution in [0, 0.1) is 17.7 Å². The van der Waals surface area contributed by atoms with Gasteiger partial charge in [-0.05, 0) is 94.1 Å². The van der Waals surface area contributed by atoms with Gasteiger partial charge in [0, 0.05) is 48.0 Å². The lowest BCUT2D eigenvalue weighted by Crippen LogP contribution is -2.32. The third-order valence-corrected chi connectivity index (χ3v) is 7.30. The van der Waals surface area contributed by atoms with E-state index >= 15 is 0 Å². The van der Waals surface area contributed by atoms with Crippen LogP contribution in [0.3, 0.4) is 0 Å². The molecule has 7 heteroatoms. The van der Waals surface area contributed by atoms with Crippen LogP contribution in [-0.4, -0.2) is 55.6 Å². The number of benzene rings is 2. The summed E-state index contributed by atoms with van der Waals surface area (Å²) in [5, 5.41) is 0. The summed E-state index contributed by atoms with van der Waals surface area (Å²) in [4.78, 5) is 19.7. The second-order valence-electron chi connectivity index (χ2n) is 11.4. The number of aryl methyl sites for hydroxylation is 1. The van der Waals surface area contributed by atoms with Crippen LogP contribution in [0.5, 0.6) is 17.2 Å². The van der Waals surface area contributed by atoms with Crippen molar-refractivity contribution in [3.05, 3.63) is 71.8 Å². The van der Waals surface area contributed by atoms with E-state index in [-0.39, 0.29) is 18.0 Å². The zero-order valence-corrected chi connectivity index (χ0v) is 24.8. The molecule has 0 unspecified atom stereocenters. The summed E-state index contributed by atoms with van der Waals surface area (Å²) in [5.41, 5.74) is 3.34. The number of aromatic nitrogens is 1. The van der Waals surface area contributed by atoms with Gasteiger partial charge < -0.3 is 19.1 Å². The highest BCUT2D eigenvalue weighted by Crippen LogP contribution is 2.34. The van der Waals surface area contributed by atoms with Gasteiger partial charge in [0.05, 0.1) is 19.8 Å². The maximum Gasteiger partial charge on any atom is 0.139 e. The van der Waals surface area contributed by atoms with Gasteiger partial charge in [0.25, 0.3) is 0 Å². The van der Waals surface area contributed by atoms with Crippen molar-refractivity contribution in [1.82, 2.24) is 9.88 Å². The van der Waals surface area contributed by atoms with Crippen LogP contribution in [0.15, 0.2) is 54.7 Å². The molecule has 1 aromatic heterocycles. The summed E-state index contributed by atoms with van der Waals surface area (Å²) in [6.07, 6.45) is 5.06. The Morgan fingerprint density at radius 2 is 1.83 bits per heavy atom. The molecule has 0 amide bonds. The average Bonchev–Trinajstić information content (AvgIpc) is 2.95. The number of carbonyl (C=O) groups is 1. The fraction of sp³-hybridized carbons (Fsp3) is 0.471. The van der Waals surface area contributed by atoms with E-state index in [0.717, 1.165) is 54.1 Å². The van der Waals surface area contributed by atoms with Crippen LogP contribution in [0.4, 0.5) is 4.39 Å². The zero-order chi connectivity index (χ0) is 29.2. The number of hydrogen-bond acceptors (Lipinski definition) is 6. The molecule has 1 aliphatic rings. The van der Waals surface area contributed by atoms with Gasteiger partial charge in [-0.1, -0.05) is 19.9 Å². The van der Waals surface area contributed by atoms with Crippen LogP contribution in [0.25, 0.3) is 11.1 Å². The molecule has 0 atom stereocenters. The number of rotatable bonds is 14. The van der Waals surface area contributed by atoms with Gasteiger partial charge in [-0.3, -0.25) is 9.78 Å². The maximum atomic E-state index is 14.1. The van der Waals surface area contributed by atoms with Crippen LogP contribution in [-0.2, 0) is 17.6 Å². The zero-order valence-electron chi connectivity index (χ0n) is 24.8. The molecule has 3 aromatic rings. The number of carbonyl (C=O) groups excluding carboxylic acids is 1. The van der Waals surface area contributed by atoms with Gasteiger partial charge in [-0.25, -0.2) is 4.39 Å². The first-order valence-corrected chi connectivity index (χ1v) is 14.8. The van der Waals surface area contributed by atoms with Crippen molar-refractivity contribution in [1.29, 1.82) is 0 Å². The monoisotopic (exact) mass is 562 g/mol. The molecule has 6 nitrogen and oxygen atoms in total. The number of halogens is 1. The van der Waals surface area contributed by atoms with E-state index in [1.165, 1.54) is 12.1 Å². The first-order chi connectivity index (χ1) is 19.8. The number of pyridine rings is 1.